The van der Waals surface area contributed by atoms with E-state index >= 15 is 0 Å². The molecular formula is C17H16BrFO5. The normalized spacial score (nSPS) is 10.2. The lowest BCUT2D eigenvalue weighted by atomic mass is 10.1. The second-order valence-electron chi connectivity index (χ2n) is 4.76. The van der Waals surface area contributed by atoms with Crippen LogP contribution in [0.5, 0.6) is 23.0 Å². The highest BCUT2D eigenvalue weighted by Gasteiger charge is 2.16. The Balaban J connectivity index is 2.19. The van der Waals surface area contributed by atoms with Gasteiger partial charge in [0.15, 0.2) is 23.1 Å². The maximum atomic E-state index is 13.7. The monoisotopic (exact) mass is 398 g/mol. The molecule has 0 amide bonds. The standard InChI is InChI=1S/C17H16BrFO5/c1-21-14-6-10(7-15(22-2)17(14)23-3)8-16(20)24-13-5-4-11(18)9-12(13)19/h4-7,9H,8H2,1-3H3. The predicted octanol–water partition coefficient (Wildman–Crippen LogP) is 3.76. The zero-order chi connectivity index (χ0) is 17.7. The molecule has 0 radical (unpaired) electrons. The van der Waals surface area contributed by atoms with Crippen molar-refractivity contribution in [3.8, 4) is 23.0 Å². The molecule has 5 nitrogen and oxygen atoms in total. The van der Waals surface area contributed by atoms with Gasteiger partial charge in [-0.05, 0) is 35.9 Å². The van der Waals surface area contributed by atoms with E-state index in [0.717, 1.165) is 0 Å². The summed E-state index contributed by atoms with van der Waals surface area (Å²) in [7, 11) is 4.46. The van der Waals surface area contributed by atoms with Gasteiger partial charge in [0.1, 0.15) is 0 Å². The molecule has 0 saturated heterocycles. The van der Waals surface area contributed by atoms with Crippen LogP contribution in [0, 0.1) is 5.82 Å². The molecule has 0 fully saturated rings. The SMILES string of the molecule is COc1cc(CC(=O)Oc2ccc(Br)cc2F)cc(OC)c1OC. The number of ether oxygens (including phenoxy) is 4. The summed E-state index contributed by atoms with van der Waals surface area (Å²) in [6.07, 6.45) is -0.0772. The minimum absolute atomic E-state index is 0.0772. The summed E-state index contributed by atoms with van der Waals surface area (Å²) in [6.45, 7) is 0. The lowest BCUT2D eigenvalue weighted by molar-refractivity contribution is -0.133. The molecule has 0 heterocycles. The van der Waals surface area contributed by atoms with E-state index in [1.807, 2.05) is 0 Å². The summed E-state index contributed by atoms with van der Waals surface area (Å²) in [5.74, 6) is -0.0798. The van der Waals surface area contributed by atoms with Crippen molar-refractivity contribution in [1.29, 1.82) is 0 Å². The van der Waals surface area contributed by atoms with Crippen molar-refractivity contribution in [1.82, 2.24) is 0 Å². The van der Waals surface area contributed by atoms with E-state index in [-0.39, 0.29) is 12.2 Å². The molecule has 128 valence electrons. The topological polar surface area (TPSA) is 54.0 Å². The third kappa shape index (κ3) is 4.17. The predicted molar refractivity (Wildman–Crippen MR) is 89.5 cm³/mol. The van der Waals surface area contributed by atoms with Gasteiger partial charge in [0.2, 0.25) is 5.75 Å². The van der Waals surface area contributed by atoms with E-state index in [9.17, 15) is 9.18 Å². The van der Waals surface area contributed by atoms with Gasteiger partial charge in [-0.25, -0.2) is 4.39 Å². The molecule has 2 aromatic carbocycles. The molecule has 0 atom stereocenters. The molecule has 0 aliphatic heterocycles. The van der Waals surface area contributed by atoms with E-state index in [1.54, 1.807) is 18.2 Å². The largest absolute Gasteiger partial charge is 0.493 e. The van der Waals surface area contributed by atoms with Gasteiger partial charge >= 0.3 is 5.97 Å². The maximum absolute atomic E-state index is 13.7. The maximum Gasteiger partial charge on any atom is 0.315 e. The molecule has 0 aliphatic carbocycles. The number of carbonyl (C=O) groups is 1. The summed E-state index contributed by atoms with van der Waals surface area (Å²) in [6, 6.07) is 7.47. The van der Waals surface area contributed by atoms with Crippen LogP contribution in [0.25, 0.3) is 0 Å². The number of rotatable bonds is 6. The second-order valence-corrected chi connectivity index (χ2v) is 5.67. The first kappa shape index (κ1) is 18.1. The summed E-state index contributed by atoms with van der Waals surface area (Å²) in [4.78, 5) is 12.1. The lowest BCUT2D eigenvalue weighted by Gasteiger charge is -2.14. The van der Waals surface area contributed by atoms with Gasteiger partial charge in [0, 0.05) is 4.47 Å². The van der Waals surface area contributed by atoms with Gasteiger partial charge in [-0.2, -0.15) is 0 Å². The number of methoxy groups -OCH3 is 3. The molecule has 0 aliphatic rings. The highest BCUT2D eigenvalue weighted by molar-refractivity contribution is 9.10. The highest BCUT2D eigenvalue weighted by atomic mass is 79.9. The van der Waals surface area contributed by atoms with Gasteiger partial charge in [-0.1, -0.05) is 15.9 Å². The average molecular weight is 399 g/mol. The minimum atomic E-state index is -0.623. The Morgan fingerprint density at radius 2 is 1.62 bits per heavy atom. The number of hydrogen-bond acceptors (Lipinski definition) is 5. The molecule has 0 bridgehead atoms. The van der Waals surface area contributed by atoms with Crippen LogP contribution in [0.1, 0.15) is 5.56 Å². The van der Waals surface area contributed by atoms with Gasteiger partial charge in [-0.15, -0.1) is 0 Å². The highest BCUT2D eigenvalue weighted by Crippen LogP contribution is 2.38. The van der Waals surface area contributed by atoms with Crippen LogP contribution in [0.2, 0.25) is 0 Å². The van der Waals surface area contributed by atoms with Gasteiger partial charge in [0.25, 0.3) is 0 Å². The van der Waals surface area contributed by atoms with E-state index in [0.29, 0.717) is 27.3 Å². The van der Waals surface area contributed by atoms with Gasteiger partial charge < -0.3 is 18.9 Å². The smallest absolute Gasteiger partial charge is 0.315 e. The van der Waals surface area contributed by atoms with Crippen LogP contribution in [0.15, 0.2) is 34.8 Å². The Kier molecular flexibility index (Phi) is 6.03. The molecule has 7 heteroatoms. The Morgan fingerprint density at radius 1 is 1.00 bits per heavy atom. The molecule has 0 spiro atoms. The zero-order valence-corrected chi connectivity index (χ0v) is 15.0. The van der Waals surface area contributed by atoms with Crippen LogP contribution < -0.4 is 18.9 Å². The average Bonchev–Trinajstić information content (AvgIpc) is 2.56. The summed E-state index contributed by atoms with van der Waals surface area (Å²) >= 11 is 3.14. The molecule has 24 heavy (non-hydrogen) atoms. The van der Waals surface area contributed by atoms with Crippen molar-refractivity contribution in [3.63, 3.8) is 0 Å². The van der Waals surface area contributed by atoms with Crippen LogP contribution in [0.3, 0.4) is 0 Å². The Labute approximate surface area is 147 Å². The first-order valence-electron chi connectivity index (χ1n) is 6.93. The Hall–Kier alpha value is -2.28. The number of hydrogen-bond donors (Lipinski definition) is 0. The molecule has 0 N–H and O–H groups in total. The van der Waals surface area contributed by atoms with Crippen molar-refractivity contribution in [3.05, 3.63) is 46.2 Å². The van der Waals surface area contributed by atoms with E-state index in [1.165, 1.54) is 33.5 Å². The number of halogens is 2. The molecule has 0 unspecified atom stereocenters. The first-order valence-corrected chi connectivity index (χ1v) is 7.72. The van der Waals surface area contributed by atoms with Crippen LogP contribution in [-0.2, 0) is 11.2 Å². The zero-order valence-electron chi connectivity index (χ0n) is 13.4. The fourth-order valence-electron chi connectivity index (χ4n) is 2.12. The summed E-state index contributed by atoms with van der Waals surface area (Å²) in [5.41, 5.74) is 0.590. The minimum Gasteiger partial charge on any atom is -0.493 e. The van der Waals surface area contributed by atoms with E-state index in [4.69, 9.17) is 18.9 Å². The number of carbonyl (C=O) groups excluding carboxylic acids is 1. The second kappa shape index (κ2) is 8.01. The fourth-order valence-corrected chi connectivity index (χ4v) is 2.45. The van der Waals surface area contributed by atoms with E-state index < -0.39 is 11.8 Å². The van der Waals surface area contributed by atoms with Crippen molar-refractivity contribution in [2.45, 2.75) is 6.42 Å². The first-order chi connectivity index (χ1) is 11.5. The quantitative estimate of drug-likeness (QED) is 0.547. The Bertz CT molecular complexity index is 723. The van der Waals surface area contributed by atoms with Gasteiger partial charge in [-0.3, -0.25) is 4.79 Å². The van der Waals surface area contributed by atoms with Crippen molar-refractivity contribution in [2.24, 2.45) is 0 Å². The molecule has 0 saturated carbocycles. The molecular weight excluding hydrogens is 383 g/mol. The molecule has 2 rings (SSSR count). The van der Waals surface area contributed by atoms with Crippen molar-refractivity contribution >= 4 is 21.9 Å². The number of benzene rings is 2. The third-order valence-electron chi connectivity index (χ3n) is 3.19. The van der Waals surface area contributed by atoms with Gasteiger partial charge in [0.05, 0.1) is 27.8 Å². The molecule has 2 aromatic rings. The molecule has 0 aromatic heterocycles. The van der Waals surface area contributed by atoms with Crippen molar-refractivity contribution < 1.29 is 28.1 Å². The Morgan fingerprint density at radius 3 is 2.12 bits per heavy atom. The lowest BCUT2D eigenvalue weighted by Crippen LogP contribution is -2.12. The van der Waals surface area contributed by atoms with Crippen LogP contribution in [0.4, 0.5) is 4.39 Å². The third-order valence-corrected chi connectivity index (χ3v) is 3.68. The van der Waals surface area contributed by atoms with Crippen LogP contribution in [-0.4, -0.2) is 27.3 Å². The number of esters is 1. The fraction of sp³-hybridized carbons (Fsp3) is 0.235. The summed E-state index contributed by atoms with van der Waals surface area (Å²) < 4.78 is 35.0. The van der Waals surface area contributed by atoms with E-state index in [2.05, 4.69) is 15.9 Å². The van der Waals surface area contributed by atoms with Crippen LogP contribution >= 0.6 is 15.9 Å². The summed E-state index contributed by atoms with van der Waals surface area (Å²) in [5, 5.41) is 0. The van der Waals surface area contributed by atoms with Crippen molar-refractivity contribution in [2.75, 3.05) is 21.3 Å².